The van der Waals surface area contributed by atoms with E-state index >= 15 is 0 Å². The lowest BCUT2D eigenvalue weighted by molar-refractivity contribution is -0.0499. The smallest absolute Gasteiger partial charge is 0.375 e. The first-order valence-electron chi connectivity index (χ1n) is 5.66. The fourth-order valence-electron chi connectivity index (χ4n) is 1.71. The van der Waals surface area contributed by atoms with Gasteiger partial charge in [-0.05, 0) is 24.4 Å². The summed E-state index contributed by atoms with van der Waals surface area (Å²) in [6, 6.07) is 8.49. The highest BCUT2D eigenvalue weighted by atomic mass is 32.2. The zero-order valence-corrected chi connectivity index (χ0v) is 11.5. The quantitative estimate of drug-likeness (QED) is 0.495. The number of Topliss-reactive ketones (excluding diaryl/α,β-unsaturated/α-hetero) is 1. The molecular formula is C13H9F3O4S. The van der Waals surface area contributed by atoms with Crippen molar-refractivity contribution in [1.82, 2.24) is 0 Å². The van der Waals surface area contributed by atoms with E-state index in [2.05, 4.69) is 4.18 Å². The molecule has 0 saturated carbocycles. The zero-order valence-electron chi connectivity index (χ0n) is 10.6. The molecule has 0 bridgehead atoms. The van der Waals surface area contributed by atoms with Crippen LogP contribution in [-0.2, 0) is 10.1 Å². The van der Waals surface area contributed by atoms with Crippen LogP contribution in [-0.4, -0.2) is 19.7 Å². The number of rotatable bonds is 3. The molecule has 0 radical (unpaired) electrons. The molecule has 0 aliphatic heterocycles. The Bertz CT molecular complexity index is 810. The second-order valence-corrected chi connectivity index (χ2v) is 5.77. The average Bonchev–Trinajstić information content (AvgIpc) is 2.36. The van der Waals surface area contributed by atoms with Gasteiger partial charge in [0.15, 0.2) is 11.5 Å². The van der Waals surface area contributed by atoms with Crippen LogP contribution >= 0.6 is 0 Å². The maximum absolute atomic E-state index is 12.4. The van der Waals surface area contributed by atoms with Crippen molar-refractivity contribution in [3.63, 3.8) is 0 Å². The molecule has 0 aliphatic rings. The van der Waals surface area contributed by atoms with Crippen LogP contribution in [0.4, 0.5) is 13.2 Å². The molecule has 0 N–H and O–H groups in total. The van der Waals surface area contributed by atoms with Crippen LogP contribution in [0.2, 0.25) is 0 Å². The van der Waals surface area contributed by atoms with Crippen molar-refractivity contribution in [2.75, 3.05) is 0 Å². The standard InChI is InChI=1S/C13H9F3O4S/c1-8(17)10-6-9-4-2-3-5-11(9)12(7-10)20-21(18,19)13(14,15)16/h2-7H,1H3. The van der Waals surface area contributed by atoms with Gasteiger partial charge in [-0.25, -0.2) is 0 Å². The van der Waals surface area contributed by atoms with Gasteiger partial charge in [-0.1, -0.05) is 24.3 Å². The molecule has 4 nitrogen and oxygen atoms in total. The minimum absolute atomic E-state index is 0.0566. The molecule has 0 heterocycles. The van der Waals surface area contributed by atoms with Crippen molar-refractivity contribution in [1.29, 1.82) is 0 Å². The summed E-state index contributed by atoms with van der Waals surface area (Å²) in [5.41, 5.74) is -5.48. The fourth-order valence-corrected chi connectivity index (χ4v) is 2.18. The van der Waals surface area contributed by atoms with E-state index in [1.54, 1.807) is 6.07 Å². The van der Waals surface area contributed by atoms with E-state index < -0.39 is 27.2 Å². The van der Waals surface area contributed by atoms with Crippen LogP contribution in [0.3, 0.4) is 0 Å². The third-order valence-electron chi connectivity index (χ3n) is 2.71. The average molecular weight is 318 g/mol. The molecule has 0 unspecified atom stereocenters. The molecular weight excluding hydrogens is 309 g/mol. The van der Waals surface area contributed by atoms with Crippen LogP contribution in [0.25, 0.3) is 10.8 Å². The first kappa shape index (κ1) is 15.3. The summed E-state index contributed by atoms with van der Waals surface area (Å²) in [5.74, 6) is -0.953. The summed E-state index contributed by atoms with van der Waals surface area (Å²) in [7, 11) is -5.80. The molecule has 0 aliphatic carbocycles. The van der Waals surface area contributed by atoms with Crippen LogP contribution in [0.5, 0.6) is 5.75 Å². The summed E-state index contributed by atoms with van der Waals surface area (Å²) in [4.78, 5) is 11.4. The Balaban J connectivity index is 2.65. The minimum atomic E-state index is -5.80. The number of halogens is 3. The third kappa shape index (κ3) is 2.99. The topological polar surface area (TPSA) is 60.4 Å². The summed E-state index contributed by atoms with van der Waals surface area (Å²) < 4.78 is 63.6. The molecule has 0 fully saturated rings. The molecule has 0 spiro atoms. The SMILES string of the molecule is CC(=O)c1cc(OS(=O)(=O)C(F)(F)F)c2ccccc2c1. The normalized spacial score (nSPS) is 12.4. The highest BCUT2D eigenvalue weighted by Crippen LogP contribution is 2.33. The number of alkyl halides is 3. The lowest BCUT2D eigenvalue weighted by Crippen LogP contribution is -2.28. The van der Waals surface area contributed by atoms with Crippen molar-refractivity contribution in [2.24, 2.45) is 0 Å². The number of benzene rings is 2. The fraction of sp³-hybridized carbons (Fsp3) is 0.154. The van der Waals surface area contributed by atoms with Crippen LogP contribution < -0.4 is 4.18 Å². The largest absolute Gasteiger partial charge is 0.534 e. The van der Waals surface area contributed by atoms with Crippen molar-refractivity contribution in [3.05, 3.63) is 42.0 Å². The molecule has 112 valence electrons. The summed E-state index contributed by atoms with van der Waals surface area (Å²) in [6.07, 6.45) is 0. The molecule has 2 aromatic rings. The van der Waals surface area contributed by atoms with E-state index in [0.717, 1.165) is 6.07 Å². The van der Waals surface area contributed by atoms with Gasteiger partial charge < -0.3 is 4.18 Å². The Kier molecular flexibility index (Phi) is 3.66. The highest BCUT2D eigenvalue weighted by Gasteiger charge is 2.48. The van der Waals surface area contributed by atoms with Gasteiger partial charge in [-0.3, -0.25) is 4.79 Å². The number of ketones is 1. The van der Waals surface area contributed by atoms with Crippen molar-refractivity contribution >= 4 is 26.7 Å². The molecule has 8 heteroatoms. The third-order valence-corrected chi connectivity index (χ3v) is 3.68. The Morgan fingerprint density at radius 3 is 2.33 bits per heavy atom. The van der Waals surface area contributed by atoms with Crippen molar-refractivity contribution in [3.8, 4) is 5.75 Å². The van der Waals surface area contributed by atoms with E-state index in [9.17, 15) is 26.4 Å². The summed E-state index contributed by atoms with van der Waals surface area (Å²) in [5, 5.41) is 0.563. The molecule has 0 saturated heterocycles. The van der Waals surface area contributed by atoms with Gasteiger partial charge in [0.05, 0.1) is 0 Å². The van der Waals surface area contributed by atoms with Gasteiger partial charge in [0.1, 0.15) is 0 Å². The lowest BCUT2D eigenvalue weighted by atomic mass is 10.0. The zero-order chi connectivity index (χ0) is 15.8. The van der Waals surface area contributed by atoms with E-state index in [-0.39, 0.29) is 10.9 Å². The number of carbonyl (C=O) groups is 1. The predicted molar refractivity (Wildman–Crippen MR) is 69.6 cm³/mol. The summed E-state index contributed by atoms with van der Waals surface area (Å²) >= 11 is 0. The number of hydrogen-bond donors (Lipinski definition) is 0. The van der Waals surface area contributed by atoms with Gasteiger partial charge in [0.2, 0.25) is 0 Å². The van der Waals surface area contributed by atoms with Gasteiger partial charge in [0.25, 0.3) is 0 Å². The second-order valence-electron chi connectivity index (χ2n) is 4.23. The first-order chi connectivity index (χ1) is 9.62. The Labute approximate surface area is 118 Å². The Morgan fingerprint density at radius 1 is 1.14 bits per heavy atom. The van der Waals surface area contributed by atoms with E-state index in [1.807, 2.05) is 0 Å². The predicted octanol–water partition coefficient (Wildman–Crippen LogP) is 3.27. The Hall–Kier alpha value is -2.09. The van der Waals surface area contributed by atoms with Gasteiger partial charge in [0, 0.05) is 10.9 Å². The maximum Gasteiger partial charge on any atom is 0.534 e. The molecule has 0 atom stereocenters. The molecule has 0 amide bonds. The van der Waals surface area contributed by atoms with Crippen LogP contribution in [0.1, 0.15) is 17.3 Å². The summed E-state index contributed by atoms with van der Waals surface area (Å²) in [6.45, 7) is 1.21. The van der Waals surface area contributed by atoms with E-state index in [1.165, 1.54) is 31.2 Å². The maximum atomic E-state index is 12.4. The number of carbonyl (C=O) groups excluding carboxylic acids is 1. The van der Waals surface area contributed by atoms with Gasteiger partial charge in [-0.15, -0.1) is 0 Å². The van der Waals surface area contributed by atoms with E-state index in [0.29, 0.717) is 5.39 Å². The van der Waals surface area contributed by atoms with Gasteiger partial charge >= 0.3 is 15.6 Å². The van der Waals surface area contributed by atoms with Crippen molar-refractivity contribution in [2.45, 2.75) is 12.4 Å². The van der Waals surface area contributed by atoms with Crippen molar-refractivity contribution < 1.29 is 30.6 Å². The molecule has 0 aromatic heterocycles. The van der Waals surface area contributed by atoms with Crippen LogP contribution in [0.15, 0.2) is 36.4 Å². The molecule has 2 rings (SSSR count). The van der Waals surface area contributed by atoms with Crippen LogP contribution in [0, 0.1) is 0 Å². The molecule has 21 heavy (non-hydrogen) atoms. The van der Waals surface area contributed by atoms with E-state index in [4.69, 9.17) is 0 Å². The monoisotopic (exact) mass is 318 g/mol. The minimum Gasteiger partial charge on any atom is -0.375 e. The number of hydrogen-bond acceptors (Lipinski definition) is 4. The first-order valence-corrected chi connectivity index (χ1v) is 7.07. The second kappa shape index (κ2) is 5.03. The highest BCUT2D eigenvalue weighted by molar-refractivity contribution is 7.88. The number of fused-ring (bicyclic) bond motifs is 1. The van der Waals surface area contributed by atoms with Gasteiger partial charge in [-0.2, -0.15) is 21.6 Å². The molecule has 2 aromatic carbocycles. The lowest BCUT2D eigenvalue weighted by Gasteiger charge is -2.12. The Morgan fingerprint density at radius 2 is 1.76 bits per heavy atom.